The van der Waals surface area contributed by atoms with Gasteiger partial charge in [0.25, 0.3) is 5.91 Å². The third-order valence-electron chi connectivity index (χ3n) is 4.87. The largest absolute Gasteiger partial charge is 0.467 e. The van der Waals surface area contributed by atoms with Crippen LogP contribution >= 0.6 is 0 Å². The lowest BCUT2D eigenvalue weighted by Crippen LogP contribution is -2.25. The fourth-order valence-corrected chi connectivity index (χ4v) is 3.33. The van der Waals surface area contributed by atoms with E-state index in [2.05, 4.69) is 15.4 Å². The van der Waals surface area contributed by atoms with Crippen LogP contribution in [0.5, 0.6) is 0 Å². The maximum atomic E-state index is 13.4. The summed E-state index contributed by atoms with van der Waals surface area (Å²) in [5.41, 5.74) is 3.70. The van der Waals surface area contributed by atoms with Crippen LogP contribution in [0.3, 0.4) is 0 Å². The van der Waals surface area contributed by atoms with Crippen molar-refractivity contribution >= 4 is 11.6 Å². The van der Waals surface area contributed by atoms with Crippen LogP contribution < -0.4 is 5.32 Å². The van der Waals surface area contributed by atoms with Crippen LogP contribution in [0.2, 0.25) is 0 Å². The zero-order valence-corrected chi connectivity index (χ0v) is 16.3. The minimum absolute atomic E-state index is 0.244. The lowest BCUT2D eigenvalue weighted by atomic mass is 10.1. The topological polar surface area (TPSA) is 72.4 Å². The molecule has 6 nitrogen and oxygen atoms in total. The van der Waals surface area contributed by atoms with Crippen LogP contribution in [0.15, 0.2) is 89.5 Å². The molecule has 0 aliphatic rings. The van der Waals surface area contributed by atoms with Gasteiger partial charge in [0.2, 0.25) is 0 Å². The molecular formula is C24H17FN4O2. The summed E-state index contributed by atoms with van der Waals surface area (Å²) in [6.45, 7) is 0.244. The summed E-state index contributed by atoms with van der Waals surface area (Å²) in [5, 5.41) is 7.46. The quantitative estimate of drug-likeness (QED) is 0.453. The highest BCUT2D eigenvalue weighted by Gasteiger charge is 2.17. The molecule has 0 saturated heterocycles. The van der Waals surface area contributed by atoms with Gasteiger partial charge in [-0.3, -0.25) is 4.79 Å². The molecule has 5 aromatic rings. The number of hydrogen-bond donors (Lipinski definition) is 1. The van der Waals surface area contributed by atoms with E-state index in [1.165, 1.54) is 16.6 Å². The molecule has 0 saturated carbocycles. The fraction of sp³-hybridized carbons (Fsp3) is 0.0417. The van der Waals surface area contributed by atoms with Gasteiger partial charge in [-0.1, -0.05) is 30.3 Å². The van der Waals surface area contributed by atoms with Crippen LogP contribution in [0, 0.1) is 5.82 Å². The second-order valence-corrected chi connectivity index (χ2v) is 6.96. The molecule has 31 heavy (non-hydrogen) atoms. The van der Waals surface area contributed by atoms with Crippen LogP contribution in [0.4, 0.5) is 4.39 Å². The normalized spacial score (nSPS) is 11.0. The summed E-state index contributed by atoms with van der Waals surface area (Å²) in [4.78, 5) is 17.7. The first-order valence-electron chi connectivity index (χ1n) is 9.70. The van der Waals surface area contributed by atoms with E-state index in [0.29, 0.717) is 34.1 Å². The molecule has 3 heterocycles. The second-order valence-electron chi connectivity index (χ2n) is 6.96. The van der Waals surface area contributed by atoms with E-state index >= 15 is 0 Å². The Hall–Kier alpha value is -4.26. The van der Waals surface area contributed by atoms with Gasteiger partial charge < -0.3 is 9.73 Å². The minimum Gasteiger partial charge on any atom is -0.467 e. The third kappa shape index (κ3) is 3.81. The Balaban J connectivity index is 1.60. The molecule has 0 bridgehead atoms. The Morgan fingerprint density at radius 2 is 1.71 bits per heavy atom. The number of furan rings is 1. The average molecular weight is 412 g/mol. The third-order valence-corrected chi connectivity index (χ3v) is 4.87. The van der Waals surface area contributed by atoms with E-state index in [-0.39, 0.29) is 18.3 Å². The number of benzene rings is 2. The molecule has 152 valence electrons. The van der Waals surface area contributed by atoms with E-state index in [0.717, 1.165) is 5.56 Å². The standard InChI is InChI=1S/C24H17FN4O2/c25-18-10-8-17(9-11-18)20-13-22(24(30)26-15-19-7-4-12-31-19)29-23(27-20)14-21(28-29)16-5-2-1-3-6-16/h1-14H,15H2,(H,26,30). The first kappa shape index (κ1) is 18.7. The Labute approximate surface area is 177 Å². The van der Waals surface area contributed by atoms with E-state index in [1.54, 1.807) is 36.6 Å². The van der Waals surface area contributed by atoms with Gasteiger partial charge in [-0.2, -0.15) is 5.10 Å². The second kappa shape index (κ2) is 7.87. The van der Waals surface area contributed by atoms with Crippen LogP contribution in [0.1, 0.15) is 16.2 Å². The van der Waals surface area contributed by atoms with Gasteiger partial charge in [-0.05, 0) is 42.5 Å². The number of rotatable bonds is 5. The van der Waals surface area contributed by atoms with Gasteiger partial charge in [0.15, 0.2) is 5.65 Å². The first-order valence-corrected chi connectivity index (χ1v) is 9.70. The van der Waals surface area contributed by atoms with Gasteiger partial charge >= 0.3 is 0 Å². The monoisotopic (exact) mass is 412 g/mol. The lowest BCUT2D eigenvalue weighted by Gasteiger charge is -2.09. The summed E-state index contributed by atoms with van der Waals surface area (Å²) >= 11 is 0. The number of fused-ring (bicyclic) bond motifs is 1. The van der Waals surface area contributed by atoms with Crippen molar-refractivity contribution in [3.8, 4) is 22.5 Å². The fourth-order valence-electron chi connectivity index (χ4n) is 3.33. The molecular weight excluding hydrogens is 395 g/mol. The molecule has 2 aromatic carbocycles. The summed E-state index contributed by atoms with van der Waals surface area (Å²) in [7, 11) is 0. The Morgan fingerprint density at radius 3 is 2.45 bits per heavy atom. The van der Waals surface area contributed by atoms with Gasteiger partial charge in [0.1, 0.15) is 17.3 Å². The van der Waals surface area contributed by atoms with Crippen LogP contribution in [-0.2, 0) is 6.54 Å². The van der Waals surface area contributed by atoms with Crippen molar-refractivity contribution in [2.24, 2.45) is 0 Å². The van der Waals surface area contributed by atoms with Gasteiger partial charge in [-0.15, -0.1) is 0 Å². The van der Waals surface area contributed by atoms with Crippen LogP contribution in [-0.4, -0.2) is 20.5 Å². The zero-order chi connectivity index (χ0) is 21.2. The molecule has 7 heteroatoms. The van der Waals surface area contributed by atoms with E-state index in [1.807, 2.05) is 36.4 Å². The number of amides is 1. The number of carbonyl (C=O) groups excluding carboxylic acids is 1. The Bertz CT molecular complexity index is 1340. The molecule has 0 fully saturated rings. The number of carbonyl (C=O) groups is 1. The molecule has 0 radical (unpaired) electrons. The number of nitrogens with one attached hydrogen (secondary N) is 1. The number of aromatic nitrogens is 3. The van der Waals surface area contributed by atoms with Crippen molar-refractivity contribution in [3.63, 3.8) is 0 Å². The summed E-state index contributed by atoms with van der Waals surface area (Å²) < 4.78 is 20.2. The Kier molecular flexibility index (Phi) is 4.76. The minimum atomic E-state index is -0.336. The van der Waals surface area contributed by atoms with Crippen molar-refractivity contribution in [3.05, 3.63) is 102 Å². The number of halogens is 1. The molecule has 0 unspecified atom stereocenters. The molecule has 0 spiro atoms. The smallest absolute Gasteiger partial charge is 0.270 e. The highest BCUT2D eigenvalue weighted by molar-refractivity contribution is 5.94. The molecule has 0 aliphatic carbocycles. The predicted octanol–water partition coefficient (Wildman–Crippen LogP) is 4.73. The summed E-state index contributed by atoms with van der Waals surface area (Å²) in [5.74, 6) is -0.0188. The van der Waals surface area contributed by atoms with E-state index in [4.69, 9.17) is 4.42 Å². The van der Waals surface area contributed by atoms with E-state index in [9.17, 15) is 9.18 Å². The number of hydrogen-bond acceptors (Lipinski definition) is 4. The highest BCUT2D eigenvalue weighted by Crippen LogP contribution is 2.24. The van der Waals surface area contributed by atoms with Crippen molar-refractivity contribution < 1.29 is 13.6 Å². The molecule has 3 aromatic heterocycles. The summed E-state index contributed by atoms with van der Waals surface area (Å²) in [6.07, 6.45) is 1.55. The van der Waals surface area contributed by atoms with Crippen molar-refractivity contribution in [2.45, 2.75) is 6.54 Å². The maximum Gasteiger partial charge on any atom is 0.270 e. The van der Waals surface area contributed by atoms with Gasteiger partial charge in [0.05, 0.1) is 24.2 Å². The predicted molar refractivity (Wildman–Crippen MR) is 114 cm³/mol. The molecule has 1 N–H and O–H groups in total. The molecule has 0 atom stereocenters. The van der Waals surface area contributed by atoms with Crippen molar-refractivity contribution in [2.75, 3.05) is 0 Å². The van der Waals surface area contributed by atoms with Crippen LogP contribution in [0.25, 0.3) is 28.2 Å². The highest BCUT2D eigenvalue weighted by atomic mass is 19.1. The average Bonchev–Trinajstić information content (AvgIpc) is 3.48. The molecule has 0 aliphatic heterocycles. The van der Waals surface area contributed by atoms with Gasteiger partial charge in [0, 0.05) is 17.2 Å². The van der Waals surface area contributed by atoms with Crippen molar-refractivity contribution in [1.29, 1.82) is 0 Å². The lowest BCUT2D eigenvalue weighted by molar-refractivity contribution is 0.0940. The SMILES string of the molecule is O=C(NCc1ccco1)c1cc(-c2ccc(F)cc2)nc2cc(-c3ccccc3)nn12. The summed E-state index contributed by atoms with van der Waals surface area (Å²) in [6, 6.07) is 22.7. The maximum absolute atomic E-state index is 13.4. The zero-order valence-electron chi connectivity index (χ0n) is 16.3. The number of nitrogens with zero attached hydrogens (tertiary/aromatic N) is 3. The van der Waals surface area contributed by atoms with Crippen molar-refractivity contribution in [1.82, 2.24) is 19.9 Å². The van der Waals surface area contributed by atoms with Gasteiger partial charge in [-0.25, -0.2) is 13.9 Å². The molecule has 1 amide bonds. The van der Waals surface area contributed by atoms with E-state index < -0.39 is 0 Å². The first-order chi connectivity index (χ1) is 15.2. The Morgan fingerprint density at radius 1 is 0.935 bits per heavy atom. The molecule has 5 rings (SSSR count).